The number of fused-ring (bicyclic) bond motifs is 1. The van der Waals surface area contributed by atoms with Gasteiger partial charge in [0.05, 0.1) is 15.7 Å². The molecule has 0 spiro atoms. The van der Waals surface area contributed by atoms with Crippen molar-refractivity contribution in [2.45, 2.75) is 0 Å². The summed E-state index contributed by atoms with van der Waals surface area (Å²) in [6.45, 7) is 6.86. The quantitative estimate of drug-likeness (QED) is 0.601. The number of aromatic nitrogens is 2. The van der Waals surface area contributed by atoms with Gasteiger partial charge in [0, 0.05) is 5.56 Å². The Morgan fingerprint density at radius 2 is 1.94 bits per heavy atom. The summed E-state index contributed by atoms with van der Waals surface area (Å²) >= 11 is 1.63. The Labute approximate surface area is 102 Å². The molecular formula is C13H7N3S. The average Bonchev–Trinajstić information content (AvgIpc) is 2.86. The van der Waals surface area contributed by atoms with Crippen LogP contribution in [0.5, 0.6) is 0 Å². The highest BCUT2D eigenvalue weighted by Crippen LogP contribution is 2.26. The lowest BCUT2D eigenvalue weighted by molar-refractivity contribution is 1.35. The minimum atomic E-state index is 0.420. The predicted molar refractivity (Wildman–Crippen MR) is 69.1 cm³/mol. The Morgan fingerprint density at radius 1 is 1.06 bits per heavy atom. The van der Waals surface area contributed by atoms with E-state index in [1.807, 2.05) is 17.6 Å². The topological polar surface area (TPSA) is 30.1 Å². The highest BCUT2D eigenvalue weighted by Gasteiger charge is 2.03. The van der Waals surface area contributed by atoms with Crippen molar-refractivity contribution in [2.24, 2.45) is 0 Å². The van der Waals surface area contributed by atoms with E-state index < -0.39 is 0 Å². The van der Waals surface area contributed by atoms with Gasteiger partial charge in [-0.15, -0.1) is 16.3 Å². The van der Waals surface area contributed by atoms with Crippen LogP contribution >= 0.6 is 11.3 Å². The third kappa shape index (κ3) is 1.77. The second-order valence-electron chi connectivity index (χ2n) is 3.55. The van der Waals surface area contributed by atoms with E-state index in [-0.39, 0.29) is 0 Å². The first-order valence-corrected chi connectivity index (χ1v) is 5.92. The van der Waals surface area contributed by atoms with Gasteiger partial charge in [-0.2, -0.15) is 0 Å². The molecule has 2 heterocycles. The van der Waals surface area contributed by atoms with Crippen molar-refractivity contribution in [3.05, 3.63) is 53.5 Å². The van der Waals surface area contributed by atoms with E-state index in [1.54, 1.807) is 23.6 Å². The van der Waals surface area contributed by atoms with Crippen molar-refractivity contribution in [1.29, 1.82) is 0 Å². The van der Waals surface area contributed by atoms with Gasteiger partial charge in [-0.05, 0) is 23.8 Å². The Morgan fingerprint density at radius 3 is 2.71 bits per heavy atom. The second-order valence-corrected chi connectivity index (χ2v) is 4.44. The van der Waals surface area contributed by atoms with Gasteiger partial charge >= 0.3 is 0 Å². The molecule has 17 heavy (non-hydrogen) atoms. The molecule has 0 bridgehead atoms. The van der Waals surface area contributed by atoms with Crippen LogP contribution in [0.3, 0.4) is 0 Å². The lowest BCUT2D eigenvalue weighted by atomic mass is 10.1. The molecular weight excluding hydrogens is 230 g/mol. The summed E-state index contributed by atoms with van der Waals surface area (Å²) in [4.78, 5) is 11.6. The third-order valence-electron chi connectivity index (χ3n) is 2.53. The SMILES string of the molecule is [C-]#[N+]c1ccc(-c2ccc3scnc3c2)cn1. The maximum Gasteiger partial charge on any atom is 0.269 e. The molecule has 2 aromatic heterocycles. The molecule has 0 aliphatic heterocycles. The van der Waals surface area contributed by atoms with Crippen molar-refractivity contribution >= 4 is 27.4 Å². The molecule has 80 valence electrons. The van der Waals surface area contributed by atoms with Gasteiger partial charge in [-0.1, -0.05) is 18.7 Å². The molecule has 0 fully saturated rings. The molecule has 0 radical (unpaired) electrons. The van der Waals surface area contributed by atoms with Crippen molar-refractivity contribution in [3.63, 3.8) is 0 Å². The lowest BCUT2D eigenvalue weighted by Gasteiger charge is -1.99. The van der Waals surface area contributed by atoms with Crippen LogP contribution in [0.15, 0.2) is 42.0 Å². The molecule has 1 aromatic carbocycles. The fourth-order valence-corrected chi connectivity index (χ4v) is 2.32. The second kappa shape index (κ2) is 3.96. The number of pyridine rings is 1. The Kier molecular flexibility index (Phi) is 2.32. The van der Waals surface area contributed by atoms with Crippen molar-refractivity contribution in [1.82, 2.24) is 9.97 Å². The first kappa shape index (κ1) is 9.94. The van der Waals surface area contributed by atoms with Crippen molar-refractivity contribution in [2.75, 3.05) is 0 Å². The van der Waals surface area contributed by atoms with Crippen LogP contribution < -0.4 is 0 Å². The number of thiazole rings is 1. The number of benzene rings is 1. The van der Waals surface area contributed by atoms with E-state index in [1.165, 1.54) is 4.70 Å². The number of hydrogen-bond donors (Lipinski definition) is 0. The van der Waals surface area contributed by atoms with E-state index in [0.29, 0.717) is 5.82 Å². The summed E-state index contributed by atoms with van der Waals surface area (Å²) in [5.41, 5.74) is 4.93. The molecule has 0 amide bonds. The highest BCUT2D eigenvalue weighted by molar-refractivity contribution is 7.16. The maximum absolute atomic E-state index is 6.86. The van der Waals surface area contributed by atoms with Crippen molar-refractivity contribution in [3.8, 4) is 11.1 Å². The molecule has 4 heteroatoms. The van der Waals surface area contributed by atoms with Gasteiger partial charge in [0.15, 0.2) is 0 Å². The summed E-state index contributed by atoms with van der Waals surface area (Å²) in [7, 11) is 0. The molecule has 0 aliphatic rings. The zero-order valence-electron chi connectivity index (χ0n) is 8.79. The van der Waals surface area contributed by atoms with E-state index in [2.05, 4.69) is 26.9 Å². The van der Waals surface area contributed by atoms with Crippen LogP contribution in [0.1, 0.15) is 0 Å². The molecule has 0 saturated heterocycles. The zero-order valence-corrected chi connectivity index (χ0v) is 9.61. The zero-order chi connectivity index (χ0) is 11.7. The predicted octanol–water partition coefficient (Wildman–Crippen LogP) is 3.91. The van der Waals surface area contributed by atoms with Gasteiger partial charge in [0.2, 0.25) is 0 Å². The minimum Gasteiger partial charge on any atom is -0.361 e. The van der Waals surface area contributed by atoms with Crippen LogP contribution in [-0.4, -0.2) is 9.97 Å². The van der Waals surface area contributed by atoms with E-state index >= 15 is 0 Å². The molecule has 3 nitrogen and oxygen atoms in total. The molecule has 0 unspecified atom stereocenters. The minimum absolute atomic E-state index is 0.420. The molecule has 0 N–H and O–H groups in total. The maximum atomic E-state index is 6.86. The standard InChI is InChI=1S/C13H7N3S/c1-14-13-5-3-10(7-15-13)9-2-4-12-11(6-9)16-8-17-12/h2-8H. The third-order valence-corrected chi connectivity index (χ3v) is 3.34. The van der Waals surface area contributed by atoms with Gasteiger partial charge in [-0.3, -0.25) is 0 Å². The number of nitrogens with zero attached hydrogens (tertiary/aromatic N) is 3. The van der Waals surface area contributed by atoms with E-state index in [4.69, 9.17) is 6.57 Å². The first-order chi connectivity index (χ1) is 8.36. The monoisotopic (exact) mass is 237 g/mol. The van der Waals surface area contributed by atoms with Crippen molar-refractivity contribution < 1.29 is 0 Å². The number of hydrogen-bond acceptors (Lipinski definition) is 3. The summed E-state index contributed by atoms with van der Waals surface area (Å²) in [5, 5.41) is 0. The van der Waals surface area contributed by atoms with E-state index in [0.717, 1.165) is 16.6 Å². The van der Waals surface area contributed by atoms with E-state index in [9.17, 15) is 0 Å². The van der Waals surface area contributed by atoms with Crippen LogP contribution in [0.4, 0.5) is 5.82 Å². The fourth-order valence-electron chi connectivity index (χ4n) is 1.66. The Bertz CT molecular complexity index is 707. The average molecular weight is 237 g/mol. The summed E-state index contributed by atoms with van der Waals surface area (Å²) in [6, 6.07) is 9.79. The Hall–Kier alpha value is -2.25. The summed E-state index contributed by atoms with van der Waals surface area (Å²) in [5.74, 6) is 0.420. The molecule has 3 aromatic rings. The molecule has 0 aliphatic carbocycles. The van der Waals surface area contributed by atoms with Crippen LogP contribution in [0, 0.1) is 6.57 Å². The van der Waals surface area contributed by atoms with Gasteiger partial charge in [0.1, 0.15) is 6.20 Å². The van der Waals surface area contributed by atoms with Gasteiger partial charge < -0.3 is 4.85 Å². The fraction of sp³-hybridized carbons (Fsp3) is 0. The first-order valence-electron chi connectivity index (χ1n) is 5.04. The smallest absolute Gasteiger partial charge is 0.269 e. The summed E-state index contributed by atoms with van der Waals surface area (Å²) in [6.07, 6.45) is 1.72. The molecule has 0 atom stereocenters. The highest BCUT2D eigenvalue weighted by atomic mass is 32.1. The van der Waals surface area contributed by atoms with Crippen LogP contribution in [0.2, 0.25) is 0 Å². The molecule has 3 rings (SSSR count). The van der Waals surface area contributed by atoms with Crippen LogP contribution in [0.25, 0.3) is 26.2 Å². The largest absolute Gasteiger partial charge is 0.361 e. The Balaban J connectivity index is 2.10. The van der Waals surface area contributed by atoms with Gasteiger partial charge in [-0.25, -0.2) is 4.98 Å². The number of rotatable bonds is 1. The van der Waals surface area contributed by atoms with Gasteiger partial charge in [0.25, 0.3) is 5.82 Å². The lowest BCUT2D eigenvalue weighted by Crippen LogP contribution is -1.79. The van der Waals surface area contributed by atoms with Crippen LogP contribution in [-0.2, 0) is 0 Å². The summed E-state index contributed by atoms with van der Waals surface area (Å²) < 4.78 is 1.18. The normalized spacial score (nSPS) is 10.3. The molecule has 0 saturated carbocycles.